The van der Waals surface area contributed by atoms with Crippen LogP contribution >= 0.6 is 14.9 Å². The predicted octanol–water partition coefficient (Wildman–Crippen LogP) is 3.02. The van der Waals surface area contributed by atoms with E-state index in [0.717, 1.165) is 11.4 Å². The molecule has 1 atom stereocenters. The summed E-state index contributed by atoms with van der Waals surface area (Å²) < 4.78 is 14.9. The lowest BCUT2D eigenvalue weighted by Gasteiger charge is -2.44. The quantitative estimate of drug-likeness (QED) is 0.785. The van der Waals surface area contributed by atoms with Crippen molar-refractivity contribution in [3.05, 3.63) is 24.3 Å². The van der Waals surface area contributed by atoms with Crippen LogP contribution in [0.4, 0.5) is 5.69 Å². The lowest BCUT2D eigenvalue weighted by molar-refractivity contribution is 0.540. The molecule has 0 N–H and O–H groups in total. The molecule has 1 aromatic carbocycles. The third-order valence-electron chi connectivity index (χ3n) is 3.05. The average molecular weight is 332 g/mol. The van der Waals surface area contributed by atoms with Crippen molar-refractivity contribution in [2.24, 2.45) is 0 Å². The van der Waals surface area contributed by atoms with Crippen LogP contribution in [0.25, 0.3) is 0 Å². The molecular weight excluding hydrogens is 310 g/mol. The molecule has 1 heterocycles. The summed E-state index contributed by atoms with van der Waals surface area (Å²) >= 11 is 6.08. The average Bonchev–Trinajstić information content (AvgIpc) is 2.77. The molecule has 0 aromatic heterocycles. The number of nitrogens with zero attached hydrogens (tertiary/aromatic N) is 4. The summed E-state index contributed by atoms with van der Waals surface area (Å²) in [4.78, 5) is 0. The summed E-state index contributed by atoms with van der Waals surface area (Å²) in [5, 5.41) is 0. The Morgan fingerprint density at radius 2 is 1.60 bits per heavy atom. The fourth-order valence-electron chi connectivity index (χ4n) is 2.11. The third kappa shape index (κ3) is 2.50. The van der Waals surface area contributed by atoms with Gasteiger partial charge in [-0.25, -0.2) is 9.11 Å². The summed E-state index contributed by atoms with van der Waals surface area (Å²) in [6, 6.07) is 8.14. The van der Waals surface area contributed by atoms with Gasteiger partial charge in [-0.05, 0) is 66.2 Å². The monoisotopic (exact) mass is 332 g/mol. The number of hydrogen-bond acceptors (Lipinski definition) is 3. The lowest BCUT2D eigenvalue weighted by Crippen LogP contribution is -2.33. The number of anilines is 1. The van der Waals surface area contributed by atoms with Crippen LogP contribution in [0.15, 0.2) is 24.3 Å². The molecule has 0 amide bonds. The maximum Gasteiger partial charge on any atom is 0.284 e. The van der Waals surface area contributed by atoms with Crippen molar-refractivity contribution in [3.8, 4) is 5.75 Å². The first-order chi connectivity index (χ1) is 9.30. The van der Waals surface area contributed by atoms with Gasteiger partial charge in [-0.1, -0.05) is 12.1 Å². The number of para-hydroxylation sites is 2. The Labute approximate surface area is 128 Å². The van der Waals surface area contributed by atoms with E-state index in [9.17, 15) is 0 Å². The van der Waals surface area contributed by atoms with Crippen LogP contribution in [-0.2, 0) is 11.8 Å². The molecule has 112 valence electrons. The molecular formula is C12H22N4OP2S. The van der Waals surface area contributed by atoms with Gasteiger partial charge < -0.3 is 4.52 Å². The Morgan fingerprint density at radius 3 is 2.10 bits per heavy atom. The summed E-state index contributed by atoms with van der Waals surface area (Å²) in [7, 11) is 11.3. The van der Waals surface area contributed by atoms with Crippen LogP contribution in [-0.4, -0.2) is 56.3 Å². The lowest BCUT2D eigenvalue weighted by atomic mass is 10.3. The third-order valence-corrected chi connectivity index (χ3v) is 11.5. The number of hydrogen-bond donors (Lipinski definition) is 0. The second-order valence-electron chi connectivity index (χ2n) is 5.16. The molecule has 1 unspecified atom stereocenters. The Morgan fingerprint density at radius 1 is 1.05 bits per heavy atom. The van der Waals surface area contributed by atoms with Gasteiger partial charge in [0.15, 0.2) is 12.2 Å². The van der Waals surface area contributed by atoms with Crippen LogP contribution in [0.1, 0.15) is 0 Å². The van der Waals surface area contributed by atoms with Crippen LogP contribution in [0.5, 0.6) is 5.75 Å². The summed E-state index contributed by atoms with van der Waals surface area (Å²) in [5.74, 6) is 0.922. The van der Waals surface area contributed by atoms with Crippen LogP contribution in [0.3, 0.4) is 0 Å². The zero-order valence-corrected chi connectivity index (χ0v) is 15.4. The number of benzene rings is 1. The number of rotatable bonds is 4. The topological polar surface area (TPSA) is 22.2 Å². The molecule has 0 spiro atoms. The molecule has 0 radical (unpaired) electrons. The Hall–Kier alpha value is -0.220. The van der Waals surface area contributed by atoms with Gasteiger partial charge in [0.1, 0.15) is 0 Å². The first-order valence-electron chi connectivity index (χ1n) is 6.30. The van der Waals surface area contributed by atoms with Crippen molar-refractivity contribution in [2.75, 3.05) is 46.7 Å². The first-order valence-corrected chi connectivity index (χ1v) is 10.1. The highest BCUT2D eigenvalue weighted by atomic mass is 32.4. The molecule has 0 aliphatic carbocycles. The molecule has 1 aliphatic heterocycles. The van der Waals surface area contributed by atoms with Crippen molar-refractivity contribution in [2.45, 2.75) is 0 Å². The van der Waals surface area contributed by atoms with Gasteiger partial charge in [0.25, 0.3) is 8.45 Å². The smallest absolute Gasteiger partial charge is 0.284 e. The SMILES string of the molecule is CN(C)P1Oc2ccccc2N1P(=S)(N(C)C)N(C)C. The number of fused-ring (bicyclic) bond motifs is 1. The molecule has 20 heavy (non-hydrogen) atoms. The predicted molar refractivity (Wildman–Crippen MR) is 91.8 cm³/mol. The molecule has 0 fully saturated rings. The van der Waals surface area contributed by atoms with Crippen molar-refractivity contribution in [1.29, 1.82) is 0 Å². The van der Waals surface area contributed by atoms with Gasteiger partial charge >= 0.3 is 0 Å². The molecule has 0 saturated heterocycles. The molecule has 1 aliphatic rings. The van der Waals surface area contributed by atoms with Gasteiger partial charge in [0.05, 0.1) is 5.69 Å². The minimum absolute atomic E-state index is 0.919. The molecule has 8 heteroatoms. The molecule has 0 saturated carbocycles. The maximum absolute atomic E-state index is 6.15. The highest BCUT2D eigenvalue weighted by molar-refractivity contribution is 8.15. The summed E-state index contributed by atoms with van der Waals surface area (Å²) in [6.07, 6.45) is 0. The largest absolute Gasteiger partial charge is 0.438 e. The van der Waals surface area contributed by atoms with Crippen molar-refractivity contribution < 1.29 is 4.52 Å². The minimum atomic E-state index is -2.06. The second kappa shape index (κ2) is 5.88. The Bertz CT molecular complexity index is 526. The van der Waals surface area contributed by atoms with Crippen molar-refractivity contribution >= 4 is 32.4 Å². The summed E-state index contributed by atoms with van der Waals surface area (Å²) in [5.41, 5.74) is 1.10. The van der Waals surface area contributed by atoms with E-state index in [4.69, 9.17) is 16.3 Å². The van der Waals surface area contributed by atoms with E-state index in [2.05, 4.69) is 24.5 Å². The van der Waals surface area contributed by atoms with Gasteiger partial charge in [0, 0.05) is 0 Å². The van der Waals surface area contributed by atoms with Gasteiger partial charge in [0.2, 0.25) is 0 Å². The van der Waals surface area contributed by atoms with E-state index in [1.807, 2.05) is 60.5 Å². The van der Waals surface area contributed by atoms with E-state index in [1.165, 1.54) is 0 Å². The van der Waals surface area contributed by atoms with E-state index < -0.39 is 14.9 Å². The Kier molecular flexibility index (Phi) is 4.75. The normalized spacial score (nSPS) is 18.9. The van der Waals surface area contributed by atoms with Gasteiger partial charge in [-0.2, -0.15) is 0 Å². The van der Waals surface area contributed by atoms with E-state index in [1.54, 1.807) is 0 Å². The molecule has 5 nitrogen and oxygen atoms in total. The van der Waals surface area contributed by atoms with Crippen LogP contribution < -0.4 is 8.96 Å². The first kappa shape index (κ1) is 16.2. The zero-order chi connectivity index (χ0) is 15.1. The Balaban J connectivity index is 2.58. The van der Waals surface area contributed by atoms with E-state index in [0.29, 0.717) is 0 Å². The second-order valence-corrected chi connectivity index (χ2v) is 11.9. The fourth-order valence-corrected chi connectivity index (χ4v) is 8.38. The van der Waals surface area contributed by atoms with Gasteiger partial charge in [-0.15, -0.1) is 0 Å². The highest BCUT2D eigenvalue weighted by Crippen LogP contribution is 2.71. The van der Waals surface area contributed by atoms with Gasteiger partial charge in [-0.3, -0.25) is 9.34 Å². The molecule has 1 aromatic rings. The van der Waals surface area contributed by atoms with Crippen LogP contribution in [0.2, 0.25) is 0 Å². The maximum atomic E-state index is 6.15. The molecule has 2 rings (SSSR count). The highest BCUT2D eigenvalue weighted by Gasteiger charge is 2.45. The van der Waals surface area contributed by atoms with E-state index >= 15 is 0 Å². The summed E-state index contributed by atoms with van der Waals surface area (Å²) in [6.45, 7) is -2.06. The van der Waals surface area contributed by atoms with Crippen molar-refractivity contribution in [1.82, 2.24) is 14.0 Å². The van der Waals surface area contributed by atoms with Crippen LogP contribution in [0, 0.1) is 0 Å². The standard InChI is InChI=1S/C12H22N4OP2S/c1-13(2)18-16(19(20,14(3)4)15(5)6)11-9-7-8-10-12(11)17-18/h7-10H,1-6H3. The fraction of sp³-hybridized carbons (Fsp3) is 0.500. The van der Waals surface area contributed by atoms with E-state index in [-0.39, 0.29) is 0 Å². The minimum Gasteiger partial charge on any atom is -0.438 e. The zero-order valence-electron chi connectivity index (χ0n) is 12.8. The van der Waals surface area contributed by atoms with Crippen molar-refractivity contribution in [3.63, 3.8) is 0 Å². The molecule has 0 bridgehead atoms.